The summed E-state index contributed by atoms with van der Waals surface area (Å²) < 4.78 is 14.5. The summed E-state index contributed by atoms with van der Waals surface area (Å²) in [6, 6.07) is 17.7. The van der Waals surface area contributed by atoms with E-state index in [9.17, 15) is 9.18 Å². The van der Waals surface area contributed by atoms with E-state index in [2.05, 4.69) is 20.6 Å². The lowest BCUT2D eigenvalue weighted by Crippen LogP contribution is -2.27. The molecule has 164 valence electrons. The van der Waals surface area contributed by atoms with Crippen LogP contribution >= 0.6 is 0 Å². The number of fused-ring (bicyclic) bond motifs is 1. The van der Waals surface area contributed by atoms with Gasteiger partial charge in [0.05, 0.1) is 17.4 Å². The number of aromatic nitrogens is 2. The minimum absolute atomic E-state index is 0.0589. The molecule has 1 amide bonds. The smallest absolute Gasteiger partial charge is 0.229 e. The van der Waals surface area contributed by atoms with E-state index >= 15 is 0 Å². The minimum Gasteiger partial charge on any atom is -0.370 e. The number of carbonyl (C=O) groups excluding carboxylic acids is 1. The third-order valence-corrected chi connectivity index (χ3v) is 5.42. The molecule has 32 heavy (non-hydrogen) atoms. The average molecular weight is 431 g/mol. The number of carbonyl (C=O) groups is 1. The molecule has 0 radical (unpaired) electrons. The SMILES string of the molecule is Cc1[nH]c2ccc(NC(=O)C(C)(C)C)cc2c1[C@@H](Nc1ccccc1F)c1ccccn1. The fourth-order valence-corrected chi connectivity index (χ4v) is 3.69. The second kappa shape index (κ2) is 8.46. The van der Waals surface area contributed by atoms with Crippen LogP contribution in [-0.4, -0.2) is 15.9 Å². The molecule has 2 heterocycles. The highest BCUT2D eigenvalue weighted by Gasteiger charge is 2.24. The maximum absolute atomic E-state index is 14.5. The number of nitrogens with one attached hydrogen (secondary N) is 3. The molecule has 2 aromatic heterocycles. The van der Waals surface area contributed by atoms with E-state index in [1.165, 1.54) is 6.07 Å². The zero-order valence-electron chi connectivity index (χ0n) is 18.7. The molecule has 0 fully saturated rings. The first-order chi connectivity index (χ1) is 15.2. The van der Waals surface area contributed by atoms with Crippen LogP contribution in [0, 0.1) is 18.2 Å². The summed E-state index contributed by atoms with van der Waals surface area (Å²) in [6.07, 6.45) is 1.73. The number of H-pyrrole nitrogens is 1. The van der Waals surface area contributed by atoms with Crippen molar-refractivity contribution in [3.8, 4) is 0 Å². The van der Waals surface area contributed by atoms with E-state index in [-0.39, 0.29) is 11.7 Å². The van der Waals surface area contributed by atoms with Crippen LogP contribution in [0.25, 0.3) is 10.9 Å². The van der Waals surface area contributed by atoms with Crippen LogP contribution in [0.2, 0.25) is 0 Å². The van der Waals surface area contributed by atoms with E-state index < -0.39 is 11.5 Å². The molecule has 4 rings (SSSR count). The van der Waals surface area contributed by atoms with Crippen molar-refractivity contribution >= 4 is 28.2 Å². The Balaban J connectivity index is 1.83. The Morgan fingerprint density at radius 3 is 2.50 bits per heavy atom. The minimum atomic E-state index is -0.505. The first kappa shape index (κ1) is 21.6. The maximum atomic E-state index is 14.5. The van der Waals surface area contributed by atoms with Gasteiger partial charge in [-0.2, -0.15) is 0 Å². The monoisotopic (exact) mass is 430 g/mol. The van der Waals surface area contributed by atoms with Gasteiger partial charge in [-0.25, -0.2) is 4.39 Å². The normalized spacial score (nSPS) is 12.5. The Hall–Kier alpha value is -3.67. The molecule has 5 nitrogen and oxygen atoms in total. The van der Waals surface area contributed by atoms with E-state index in [1.54, 1.807) is 24.4 Å². The van der Waals surface area contributed by atoms with Crippen molar-refractivity contribution in [2.45, 2.75) is 33.7 Å². The van der Waals surface area contributed by atoms with Gasteiger partial charge in [0, 0.05) is 39.5 Å². The molecule has 4 aromatic rings. The number of para-hydroxylation sites is 1. The number of halogens is 1. The van der Waals surface area contributed by atoms with Gasteiger partial charge in [0.25, 0.3) is 0 Å². The van der Waals surface area contributed by atoms with Gasteiger partial charge >= 0.3 is 0 Å². The van der Waals surface area contributed by atoms with Crippen LogP contribution in [0.15, 0.2) is 66.9 Å². The predicted molar refractivity (Wildman–Crippen MR) is 127 cm³/mol. The van der Waals surface area contributed by atoms with Crippen molar-refractivity contribution in [2.75, 3.05) is 10.6 Å². The molecule has 3 N–H and O–H groups in total. The molecule has 0 aliphatic rings. The molecule has 0 saturated carbocycles. The topological polar surface area (TPSA) is 69.8 Å². The zero-order chi connectivity index (χ0) is 22.9. The van der Waals surface area contributed by atoms with Crippen LogP contribution < -0.4 is 10.6 Å². The average Bonchev–Trinajstić information content (AvgIpc) is 3.08. The largest absolute Gasteiger partial charge is 0.370 e. The fourth-order valence-electron chi connectivity index (χ4n) is 3.69. The summed E-state index contributed by atoms with van der Waals surface area (Å²) in [4.78, 5) is 20.5. The number of rotatable bonds is 5. The third-order valence-electron chi connectivity index (χ3n) is 5.42. The van der Waals surface area contributed by atoms with Gasteiger partial charge in [0.2, 0.25) is 5.91 Å². The first-order valence-corrected chi connectivity index (χ1v) is 10.6. The van der Waals surface area contributed by atoms with E-state index in [0.717, 1.165) is 27.9 Å². The molecule has 0 aliphatic heterocycles. The summed E-state index contributed by atoms with van der Waals surface area (Å²) >= 11 is 0. The van der Waals surface area contributed by atoms with Gasteiger partial charge in [-0.05, 0) is 49.4 Å². The number of hydrogen-bond acceptors (Lipinski definition) is 3. The van der Waals surface area contributed by atoms with E-state index in [4.69, 9.17) is 0 Å². The molecular formula is C26H27FN4O. The van der Waals surface area contributed by atoms with Crippen LogP contribution in [0.5, 0.6) is 0 Å². The zero-order valence-corrected chi connectivity index (χ0v) is 18.7. The Labute approximate surface area is 187 Å². The number of hydrogen-bond donors (Lipinski definition) is 3. The second-order valence-corrected chi connectivity index (χ2v) is 8.94. The highest BCUT2D eigenvalue weighted by atomic mass is 19.1. The van der Waals surface area contributed by atoms with E-state index in [0.29, 0.717) is 11.4 Å². The van der Waals surface area contributed by atoms with Crippen LogP contribution in [0.3, 0.4) is 0 Å². The van der Waals surface area contributed by atoms with Crippen LogP contribution in [-0.2, 0) is 4.79 Å². The first-order valence-electron chi connectivity index (χ1n) is 10.6. The van der Waals surface area contributed by atoms with Gasteiger partial charge in [-0.15, -0.1) is 0 Å². The molecule has 1 atom stereocenters. The van der Waals surface area contributed by atoms with Crippen molar-refractivity contribution in [3.05, 3.63) is 89.6 Å². The Morgan fingerprint density at radius 1 is 1.06 bits per heavy atom. The summed E-state index contributed by atoms with van der Waals surface area (Å²) in [5.74, 6) is -0.388. The predicted octanol–water partition coefficient (Wildman–Crippen LogP) is 6.20. The van der Waals surface area contributed by atoms with Crippen molar-refractivity contribution in [1.82, 2.24) is 9.97 Å². The van der Waals surface area contributed by atoms with Gasteiger partial charge in [0.1, 0.15) is 5.82 Å². The molecule has 0 unspecified atom stereocenters. The number of anilines is 2. The number of benzene rings is 2. The van der Waals surface area contributed by atoms with E-state index in [1.807, 2.05) is 64.1 Å². The molecule has 6 heteroatoms. The Kier molecular flexibility index (Phi) is 5.70. The number of aromatic amines is 1. The summed E-state index contributed by atoms with van der Waals surface area (Å²) in [6.45, 7) is 7.62. The van der Waals surface area contributed by atoms with Crippen molar-refractivity contribution in [3.63, 3.8) is 0 Å². The fraction of sp³-hybridized carbons (Fsp3) is 0.231. The van der Waals surface area contributed by atoms with Crippen LogP contribution in [0.4, 0.5) is 15.8 Å². The summed E-state index contributed by atoms with van der Waals surface area (Å²) in [5, 5.41) is 7.28. The summed E-state index contributed by atoms with van der Waals surface area (Å²) in [5.41, 5.74) is 4.20. The lowest BCUT2D eigenvalue weighted by Gasteiger charge is -2.21. The molecule has 0 spiro atoms. The third kappa shape index (κ3) is 4.35. The van der Waals surface area contributed by atoms with Gasteiger partial charge in [-0.3, -0.25) is 9.78 Å². The second-order valence-electron chi connectivity index (χ2n) is 8.94. The van der Waals surface area contributed by atoms with Crippen molar-refractivity contribution in [1.29, 1.82) is 0 Å². The van der Waals surface area contributed by atoms with Crippen LogP contribution in [0.1, 0.15) is 43.8 Å². The standard InChI is InChI=1S/C26H27FN4O/c1-16-23(18-15-17(12-13-20(18)29-16)30-25(32)26(2,3)4)24(22-11-7-8-14-28-22)31-21-10-6-5-9-19(21)27/h5-15,24,29,31H,1-4H3,(H,30,32)/t24-/m0/s1. The summed E-state index contributed by atoms with van der Waals surface area (Å²) in [7, 11) is 0. The van der Waals surface area contributed by atoms with Gasteiger partial charge in [0.15, 0.2) is 0 Å². The Bertz CT molecular complexity index is 1260. The molecule has 2 aromatic carbocycles. The molecular weight excluding hydrogens is 403 g/mol. The molecule has 0 saturated heterocycles. The molecule has 0 bridgehead atoms. The van der Waals surface area contributed by atoms with Gasteiger partial charge in [-0.1, -0.05) is 39.0 Å². The number of aryl methyl sites for hydroxylation is 1. The van der Waals surface area contributed by atoms with Crippen molar-refractivity contribution < 1.29 is 9.18 Å². The number of nitrogens with zero attached hydrogens (tertiary/aromatic N) is 1. The highest BCUT2D eigenvalue weighted by Crippen LogP contribution is 2.35. The maximum Gasteiger partial charge on any atom is 0.229 e. The molecule has 0 aliphatic carbocycles. The highest BCUT2D eigenvalue weighted by molar-refractivity contribution is 5.97. The Morgan fingerprint density at radius 2 is 1.81 bits per heavy atom. The number of amides is 1. The lowest BCUT2D eigenvalue weighted by molar-refractivity contribution is -0.123. The van der Waals surface area contributed by atoms with Crippen molar-refractivity contribution in [2.24, 2.45) is 5.41 Å². The quantitative estimate of drug-likeness (QED) is 0.353. The number of pyridine rings is 1. The lowest BCUT2D eigenvalue weighted by atomic mass is 9.95. The van der Waals surface area contributed by atoms with Gasteiger partial charge < -0.3 is 15.6 Å².